The minimum Gasteiger partial charge on any atom is -0.481 e. The fourth-order valence-corrected chi connectivity index (χ4v) is 2.46. The van der Waals surface area contributed by atoms with Crippen LogP contribution in [-0.4, -0.2) is 59.5 Å². The van der Waals surface area contributed by atoms with Gasteiger partial charge in [0.2, 0.25) is 0 Å². The van der Waals surface area contributed by atoms with Gasteiger partial charge in [-0.15, -0.1) is 0 Å². The summed E-state index contributed by atoms with van der Waals surface area (Å²) in [6.07, 6.45) is -2.37. The molecule has 0 aromatic heterocycles. The van der Waals surface area contributed by atoms with Gasteiger partial charge >= 0.3 is 18.2 Å². The molecule has 122 valence electrons. The van der Waals surface area contributed by atoms with Gasteiger partial charge in [0.15, 0.2) is 0 Å². The first-order valence-corrected chi connectivity index (χ1v) is 6.64. The molecular weight excluding hydrogens is 293 g/mol. The van der Waals surface area contributed by atoms with E-state index in [0.717, 1.165) is 0 Å². The predicted molar refractivity (Wildman–Crippen MR) is 66.6 cm³/mol. The fourth-order valence-electron chi connectivity index (χ4n) is 2.46. The van der Waals surface area contributed by atoms with Crippen molar-refractivity contribution in [2.75, 3.05) is 26.2 Å². The van der Waals surface area contributed by atoms with E-state index < -0.39 is 43.3 Å². The van der Waals surface area contributed by atoms with E-state index in [0.29, 0.717) is 30.6 Å². The first-order chi connectivity index (χ1) is 9.70. The third-order valence-electron chi connectivity index (χ3n) is 3.62. The standard InChI is InChI=1S/C12H19F3N2O4/c13-12(14,15)8-17(5-6-18)10(21)16-7-11(9(19)20)3-1-2-4-11/h18H,1-8H2,(H,16,21)(H,19,20). The summed E-state index contributed by atoms with van der Waals surface area (Å²) in [4.78, 5) is 23.4. The third kappa shape index (κ3) is 5.07. The number of nitrogens with one attached hydrogen (secondary N) is 1. The second kappa shape index (κ2) is 6.97. The highest BCUT2D eigenvalue weighted by Crippen LogP contribution is 2.37. The highest BCUT2D eigenvalue weighted by atomic mass is 19.4. The second-order valence-corrected chi connectivity index (χ2v) is 5.21. The van der Waals surface area contributed by atoms with Crippen LogP contribution < -0.4 is 5.32 Å². The number of carboxylic acid groups (broad SMARTS) is 1. The molecule has 1 fully saturated rings. The van der Waals surface area contributed by atoms with Gasteiger partial charge in [-0.05, 0) is 12.8 Å². The topological polar surface area (TPSA) is 89.9 Å². The van der Waals surface area contributed by atoms with Crippen LogP contribution in [0.5, 0.6) is 0 Å². The molecule has 1 saturated carbocycles. The van der Waals surface area contributed by atoms with E-state index in [2.05, 4.69) is 5.32 Å². The molecule has 0 spiro atoms. The lowest BCUT2D eigenvalue weighted by atomic mass is 9.86. The summed E-state index contributed by atoms with van der Waals surface area (Å²) < 4.78 is 37.0. The first-order valence-electron chi connectivity index (χ1n) is 6.64. The number of carboxylic acids is 1. The Bertz CT molecular complexity index is 381. The van der Waals surface area contributed by atoms with E-state index in [-0.39, 0.29) is 6.54 Å². The molecule has 21 heavy (non-hydrogen) atoms. The Morgan fingerprint density at radius 3 is 2.24 bits per heavy atom. The van der Waals surface area contributed by atoms with E-state index in [9.17, 15) is 27.9 Å². The van der Waals surface area contributed by atoms with Crippen LogP contribution in [0.15, 0.2) is 0 Å². The molecular formula is C12H19F3N2O4. The maximum absolute atomic E-state index is 12.3. The molecule has 0 aromatic carbocycles. The van der Waals surface area contributed by atoms with Crippen molar-refractivity contribution < 1.29 is 33.0 Å². The van der Waals surface area contributed by atoms with Crippen LogP contribution in [0.25, 0.3) is 0 Å². The van der Waals surface area contributed by atoms with Crippen molar-refractivity contribution in [3.05, 3.63) is 0 Å². The second-order valence-electron chi connectivity index (χ2n) is 5.21. The molecule has 0 heterocycles. The number of amides is 2. The maximum atomic E-state index is 12.3. The van der Waals surface area contributed by atoms with Crippen LogP contribution >= 0.6 is 0 Å². The van der Waals surface area contributed by atoms with Crippen LogP contribution in [0.3, 0.4) is 0 Å². The van der Waals surface area contributed by atoms with Gasteiger partial charge in [-0.2, -0.15) is 13.2 Å². The van der Waals surface area contributed by atoms with Gasteiger partial charge in [0.1, 0.15) is 6.54 Å². The Labute approximate surface area is 119 Å². The number of hydrogen-bond acceptors (Lipinski definition) is 3. The van der Waals surface area contributed by atoms with Crippen LogP contribution in [-0.2, 0) is 4.79 Å². The Hall–Kier alpha value is -1.51. The number of urea groups is 1. The number of aliphatic hydroxyl groups is 1. The number of carbonyl (C=O) groups excluding carboxylic acids is 1. The van der Waals surface area contributed by atoms with E-state index in [1.807, 2.05) is 0 Å². The van der Waals surface area contributed by atoms with Gasteiger partial charge in [-0.25, -0.2) is 4.79 Å². The zero-order valence-corrected chi connectivity index (χ0v) is 11.4. The summed E-state index contributed by atoms with van der Waals surface area (Å²) in [5.74, 6) is -1.05. The molecule has 1 aliphatic rings. The van der Waals surface area contributed by atoms with Crippen LogP contribution in [0.2, 0.25) is 0 Å². The molecule has 1 rings (SSSR count). The van der Waals surface area contributed by atoms with Crippen molar-refractivity contribution in [1.29, 1.82) is 0 Å². The number of rotatable bonds is 6. The molecule has 0 saturated heterocycles. The zero-order chi connectivity index (χ0) is 16.1. The van der Waals surface area contributed by atoms with Crippen LogP contribution in [0.4, 0.5) is 18.0 Å². The summed E-state index contributed by atoms with van der Waals surface area (Å²) in [5, 5.41) is 20.2. The largest absolute Gasteiger partial charge is 0.481 e. The Kier molecular flexibility index (Phi) is 5.82. The van der Waals surface area contributed by atoms with E-state index in [4.69, 9.17) is 5.11 Å². The summed E-state index contributed by atoms with van der Waals surface area (Å²) >= 11 is 0. The SMILES string of the molecule is O=C(NCC1(C(=O)O)CCCC1)N(CCO)CC(F)(F)F. The normalized spacial score (nSPS) is 17.5. The number of aliphatic carboxylic acids is 1. The average molecular weight is 312 g/mol. The van der Waals surface area contributed by atoms with Gasteiger partial charge < -0.3 is 20.4 Å². The lowest BCUT2D eigenvalue weighted by Crippen LogP contribution is -2.49. The molecule has 0 aliphatic heterocycles. The van der Waals surface area contributed by atoms with Gasteiger partial charge in [-0.1, -0.05) is 12.8 Å². The highest BCUT2D eigenvalue weighted by molar-refractivity contribution is 5.78. The Morgan fingerprint density at radius 2 is 1.81 bits per heavy atom. The average Bonchev–Trinajstić information content (AvgIpc) is 2.84. The van der Waals surface area contributed by atoms with E-state index in [1.165, 1.54) is 0 Å². The molecule has 0 atom stereocenters. The molecule has 0 unspecified atom stereocenters. The third-order valence-corrected chi connectivity index (χ3v) is 3.62. The predicted octanol–water partition coefficient (Wildman–Crippen LogP) is 1.20. The lowest BCUT2D eigenvalue weighted by molar-refractivity contribution is -0.148. The van der Waals surface area contributed by atoms with E-state index >= 15 is 0 Å². The van der Waals surface area contributed by atoms with Crippen molar-refractivity contribution in [3.63, 3.8) is 0 Å². The molecule has 9 heteroatoms. The number of alkyl halides is 3. The summed E-state index contributed by atoms with van der Waals surface area (Å²) in [6, 6.07) is -1.02. The molecule has 0 radical (unpaired) electrons. The van der Waals surface area contributed by atoms with Crippen molar-refractivity contribution >= 4 is 12.0 Å². The fraction of sp³-hybridized carbons (Fsp3) is 0.833. The van der Waals surface area contributed by atoms with Crippen molar-refractivity contribution in [1.82, 2.24) is 10.2 Å². The smallest absolute Gasteiger partial charge is 0.406 e. The van der Waals surface area contributed by atoms with Crippen molar-refractivity contribution in [2.45, 2.75) is 31.9 Å². The van der Waals surface area contributed by atoms with E-state index in [1.54, 1.807) is 0 Å². The summed E-state index contributed by atoms with van der Waals surface area (Å²) in [5.41, 5.74) is -1.10. The highest BCUT2D eigenvalue weighted by Gasteiger charge is 2.42. The molecule has 0 bridgehead atoms. The molecule has 6 nitrogen and oxygen atoms in total. The van der Waals surface area contributed by atoms with Crippen molar-refractivity contribution in [2.24, 2.45) is 5.41 Å². The van der Waals surface area contributed by atoms with Gasteiger partial charge in [0.05, 0.1) is 12.0 Å². The molecule has 1 aliphatic carbocycles. The number of carbonyl (C=O) groups is 2. The van der Waals surface area contributed by atoms with Gasteiger partial charge in [0, 0.05) is 13.1 Å². The quantitative estimate of drug-likeness (QED) is 0.687. The zero-order valence-electron chi connectivity index (χ0n) is 11.4. The monoisotopic (exact) mass is 312 g/mol. The minimum atomic E-state index is -4.58. The number of aliphatic hydroxyl groups excluding tert-OH is 1. The van der Waals surface area contributed by atoms with Gasteiger partial charge in [-0.3, -0.25) is 4.79 Å². The Morgan fingerprint density at radius 1 is 1.24 bits per heavy atom. The molecule has 0 aromatic rings. The summed E-state index contributed by atoms with van der Waals surface area (Å²) in [7, 11) is 0. The lowest BCUT2D eigenvalue weighted by Gasteiger charge is -2.28. The number of halogens is 3. The summed E-state index contributed by atoms with van der Waals surface area (Å²) in [6.45, 7) is -2.76. The molecule has 3 N–H and O–H groups in total. The number of hydrogen-bond donors (Lipinski definition) is 3. The van der Waals surface area contributed by atoms with Crippen molar-refractivity contribution in [3.8, 4) is 0 Å². The number of nitrogens with zero attached hydrogens (tertiary/aromatic N) is 1. The Balaban J connectivity index is 2.62. The maximum Gasteiger partial charge on any atom is 0.406 e. The minimum absolute atomic E-state index is 0.207. The first kappa shape index (κ1) is 17.5. The van der Waals surface area contributed by atoms with Gasteiger partial charge in [0.25, 0.3) is 0 Å². The molecule has 2 amide bonds. The van der Waals surface area contributed by atoms with Crippen LogP contribution in [0.1, 0.15) is 25.7 Å². The van der Waals surface area contributed by atoms with Crippen LogP contribution in [0, 0.1) is 5.41 Å².